The van der Waals surface area contributed by atoms with E-state index >= 15 is 0 Å². The summed E-state index contributed by atoms with van der Waals surface area (Å²) in [6.45, 7) is 1.04. The zero-order chi connectivity index (χ0) is 16.7. The number of methoxy groups -OCH3 is 1. The summed E-state index contributed by atoms with van der Waals surface area (Å²) in [5.74, 6) is 1.70. The van der Waals surface area contributed by atoms with Gasteiger partial charge in [-0.05, 0) is 37.2 Å². The lowest BCUT2D eigenvalue weighted by atomic mass is 9.94. The fraction of sp³-hybridized carbons (Fsp3) is 0.333. The Morgan fingerprint density at radius 1 is 1.29 bits per heavy atom. The summed E-state index contributed by atoms with van der Waals surface area (Å²) in [7, 11) is 3.62. The van der Waals surface area contributed by atoms with Gasteiger partial charge in [0.2, 0.25) is 12.5 Å². The molecule has 2 heterocycles. The van der Waals surface area contributed by atoms with Gasteiger partial charge < -0.3 is 19.5 Å². The number of hydrogen-bond acceptors (Lipinski definition) is 5. The van der Waals surface area contributed by atoms with Gasteiger partial charge in [0.25, 0.3) is 0 Å². The fourth-order valence-electron chi connectivity index (χ4n) is 3.34. The first-order valence-corrected chi connectivity index (χ1v) is 7.89. The molecule has 2 aliphatic heterocycles. The van der Waals surface area contributed by atoms with Crippen molar-refractivity contribution in [2.75, 3.05) is 32.8 Å². The number of likely N-dealkylation sites (N-methyl/N-ethyl adjacent to an activating group) is 1. The van der Waals surface area contributed by atoms with Crippen LogP contribution in [-0.2, 0) is 6.42 Å². The van der Waals surface area contributed by atoms with Crippen molar-refractivity contribution < 1.29 is 18.6 Å². The molecule has 24 heavy (non-hydrogen) atoms. The SMILES string of the molecule is COc1c2c(cc3c1[C@@H](Nc1ccccc1F)N(C)CC3)OCO2. The molecule has 6 heteroatoms. The average molecular weight is 330 g/mol. The third kappa shape index (κ3) is 2.34. The molecule has 0 saturated carbocycles. The summed E-state index contributed by atoms with van der Waals surface area (Å²) in [5.41, 5.74) is 2.56. The number of nitrogens with zero attached hydrogens (tertiary/aromatic N) is 1. The van der Waals surface area contributed by atoms with E-state index < -0.39 is 0 Å². The minimum atomic E-state index is -0.280. The van der Waals surface area contributed by atoms with Crippen LogP contribution in [0.3, 0.4) is 0 Å². The third-order valence-corrected chi connectivity index (χ3v) is 4.56. The maximum atomic E-state index is 14.1. The van der Waals surface area contributed by atoms with Gasteiger partial charge in [0.15, 0.2) is 11.5 Å². The van der Waals surface area contributed by atoms with Gasteiger partial charge in [0, 0.05) is 12.1 Å². The van der Waals surface area contributed by atoms with E-state index in [1.54, 1.807) is 19.2 Å². The highest BCUT2D eigenvalue weighted by molar-refractivity contribution is 5.63. The van der Waals surface area contributed by atoms with Crippen LogP contribution in [0, 0.1) is 5.82 Å². The number of ether oxygens (including phenoxy) is 3. The number of fused-ring (bicyclic) bond motifs is 2. The first-order valence-electron chi connectivity index (χ1n) is 7.89. The predicted octanol–water partition coefficient (Wildman–Crippen LogP) is 3.16. The Morgan fingerprint density at radius 2 is 2.12 bits per heavy atom. The molecule has 2 aromatic carbocycles. The molecule has 0 aliphatic carbocycles. The molecule has 0 unspecified atom stereocenters. The van der Waals surface area contributed by atoms with E-state index in [0.29, 0.717) is 22.9 Å². The van der Waals surface area contributed by atoms with Crippen LogP contribution in [0.15, 0.2) is 30.3 Å². The van der Waals surface area contributed by atoms with Crippen molar-refractivity contribution >= 4 is 5.69 Å². The standard InChI is InChI=1S/C18H19FN2O3/c1-21-8-7-11-9-14-16(24-10-23-14)17(22-2)15(11)18(21)20-13-6-4-3-5-12(13)19/h3-6,9,18,20H,7-8,10H2,1-2H3/t18-/m0/s1. The maximum absolute atomic E-state index is 14.1. The molecule has 0 saturated heterocycles. The summed E-state index contributed by atoms with van der Waals surface area (Å²) in [6.07, 6.45) is 0.656. The zero-order valence-corrected chi connectivity index (χ0v) is 13.6. The van der Waals surface area contributed by atoms with Crippen molar-refractivity contribution in [3.63, 3.8) is 0 Å². The van der Waals surface area contributed by atoms with Crippen molar-refractivity contribution in [3.8, 4) is 17.2 Å². The second kappa shape index (κ2) is 5.87. The smallest absolute Gasteiger partial charge is 0.231 e. The van der Waals surface area contributed by atoms with E-state index in [9.17, 15) is 4.39 Å². The lowest BCUT2D eigenvalue weighted by Crippen LogP contribution is -2.37. The number of halogens is 1. The Hall–Kier alpha value is -2.47. The summed E-state index contributed by atoms with van der Waals surface area (Å²) in [6, 6.07) is 8.67. The zero-order valence-electron chi connectivity index (χ0n) is 13.6. The summed E-state index contributed by atoms with van der Waals surface area (Å²) >= 11 is 0. The molecule has 4 rings (SSSR count). The average Bonchev–Trinajstić information content (AvgIpc) is 3.05. The van der Waals surface area contributed by atoms with Gasteiger partial charge >= 0.3 is 0 Å². The highest BCUT2D eigenvalue weighted by atomic mass is 19.1. The van der Waals surface area contributed by atoms with Gasteiger partial charge in [-0.25, -0.2) is 4.39 Å². The maximum Gasteiger partial charge on any atom is 0.231 e. The fourth-order valence-corrected chi connectivity index (χ4v) is 3.34. The third-order valence-electron chi connectivity index (χ3n) is 4.56. The van der Waals surface area contributed by atoms with Gasteiger partial charge in [-0.1, -0.05) is 12.1 Å². The van der Waals surface area contributed by atoms with Crippen molar-refractivity contribution in [2.45, 2.75) is 12.6 Å². The van der Waals surface area contributed by atoms with Crippen LogP contribution in [-0.4, -0.2) is 32.4 Å². The Bertz CT molecular complexity index is 781. The highest BCUT2D eigenvalue weighted by Gasteiger charge is 2.34. The first-order chi connectivity index (χ1) is 11.7. The second-order valence-corrected chi connectivity index (χ2v) is 5.97. The Morgan fingerprint density at radius 3 is 2.92 bits per heavy atom. The van der Waals surface area contributed by atoms with Crippen molar-refractivity contribution in [1.29, 1.82) is 0 Å². The largest absolute Gasteiger partial charge is 0.492 e. The van der Waals surface area contributed by atoms with E-state index in [1.807, 2.05) is 19.2 Å². The molecule has 2 aliphatic rings. The van der Waals surface area contributed by atoms with Gasteiger partial charge in [0.05, 0.1) is 12.8 Å². The first kappa shape index (κ1) is 15.1. The number of anilines is 1. The quantitative estimate of drug-likeness (QED) is 0.936. The number of rotatable bonds is 3. The molecule has 1 atom stereocenters. The summed E-state index contributed by atoms with van der Waals surface area (Å²) in [4.78, 5) is 2.14. The van der Waals surface area contributed by atoms with Crippen molar-refractivity contribution in [3.05, 3.63) is 47.3 Å². The molecule has 5 nitrogen and oxygen atoms in total. The minimum absolute atomic E-state index is 0.190. The van der Waals surface area contributed by atoms with Gasteiger partial charge in [-0.3, -0.25) is 4.90 Å². The van der Waals surface area contributed by atoms with E-state index in [2.05, 4.69) is 10.2 Å². The molecule has 1 N–H and O–H groups in total. The number of para-hydroxylation sites is 1. The number of nitrogens with one attached hydrogen (secondary N) is 1. The Labute approximate surface area is 139 Å². The van der Waals surface area contributed by atoms with Crippen molar-refractivity contribution in [2.24, 2.45) is 0 Å². The molecule has 0 aromatic heterocycles. The molecule has 0 fully saturated rings. The molecular formula is C18H19FN2O3. The van der Waals surface area contributed by atoms with Crippen LogP contribution in [0.2, 0.25) is 0 Å². The molecule has 126 valence electrons. The molecule has 2 aromatic rings. The van der Waals surface area contributed by atoms with E-state index in [1.165, 1.54) is 6.07 Å². The van der Waals surface area contributed by atoms with Crippen LogP contribution in [0.25, 0.3) is 0 Å². The van der Waals surface area contributed by atoms with Gasteiger partial charge in [-0.15, -0.1) is 0 Å². The number of hydrogen-bond donors (Lipinski definition) is 1. The van der Waals surface area contributed by atoms with Gasteiger partial charge in [-0.2, -0.15) is 0 Å². The van der Waals surface area contributed by atoms with Crippen LogP contribution in [0.1, 0.15) is 17.3 Å². The van der Waals surface area contributed by atoms with Crippen molar-refractivity contribution in [1.82, 2.24) is 4.90 Å². The predicted molar refractivity (Wildman–Crippen MR) is 88.2 cm³/mol. The lowest BCUT2D eigenvalue weighted by Gasteiger charge is -2.36. The van der Waals surface area contributed by atoms with E-state index in [4.69, 9.17) is 14.2 Å². The van der Waals surface area contributed by atoms with Gasteiger partial charge in [0.1, 0.15) is 12.0 Å². The summed E-state index contributed by atoms with van der Waals surface area (Å²) in [5, 5.41) is 3.30. The normalized spacial score (nSPS) is 19.0. The molecule has 0 spiro atoms. The van der Waals surface area contributed by atoms with Crippen LogP contribution >= 0.6 is 0 Å². The van der Waals surface area contributed by atoms with E-state index in [-0.39, 0.29) is 18.8 Å². The number of benzene rings is 2. The second-order valence-electron chi connectivity index (χ2n) is 5.97. The Kier molecular flexibility index (Phi) is 3.69. The molecule has 0 amide bonds. The minimum Gasteiger partial charge on any atom is -0.492 e. The molecular weight excluding hydrogens is 311 g/mol. The van der Waals surface area contributed by atoms with Crippen LogP contribution in [0.4, 0.5) is 10.1 Å². The Balaban J connectivity index is 1.81. The van der Waals surface area contributed by atoms with E-state index in [0.717, 1.165) is 24.1 Å². The highest BCUT2D eigenvalue weighted by Crippen LogP contribution is 2.49. The van der Waals surface area contributed by atoms with Crippen LogP contribution in [0.5, 0.6) is 17.2 Å². The monoisotopic (exact) mass is 330 g/mol. The molecule has 0 radical (unpaired) electrons. The van der Waals surface area contributed by atoms with Crippen LogP contribution < -0.4 is 19.5 Å². The molecule has 0 bridgehead atoms. The lowest BCUT2D eigenvalue weighted by molar-refractivity contribution is 0.170. The summed E-state index contributed by atoms with van der Waals surface area (Å²) < 4.78 is 30.8. The topological polar surface area (TPSA) is 43.0 Å².